The Balaban J connectivity index is 1.85. The van der Waals surface area contributed by atoms with E-state index in [1.54, 1.807) is 0 Å². The molecule has 0 unspecified atom stereocenters. The van der Waals surface area contributed by atoms with Gasteiger partial charge >= 0.3 is 0 Å². The molecule has 1 saturated heterocycles. The zero-order valence-electron chi connectivity index (χ0n) is 11.7. The first-order chi connectivity index (χ1) is 9.66. The topological polar surface area (TPSA) is 74.0 Å². The maximum Gasteiger partial charge on any atom is 0.270 e. The van der Waals surface area contributed by atoms with Crippen LogP contribution in [0.1, 0.15) is 21.9 Å². The van der Waals surface area contributed by atoms with E-state index in [-0.39, 0.29) is 5.91 Å². The molecule has 6 nitrogen and oxygen atoms in total. The van der Waals surface area contributed by atoms with Crippen molar-refractivity contribution in [2.75, 3.05) is 26.3 Å². The molecule has 2 aromatic rings. The standard InChI is InChI=1S/C14H18N4O2/c1-9-13(10(2)17-16-9)11-7-12(15-8-11)14(19)18-3-5-20-6-4-18/h7-8,15H,3-6H2,1-2H3,(H,16,17). The molecule has 2 N–H and O–H groups in total. The summed E-state index contributed by atoms with van der Waals surface area (Å²) in [5.41, 5.74) is 4.60. The molecular formula is C14H18N4O2. The van der Waals surface area contributed by atoms with Crippen LogP contribution < -0.4 is 0 Å². The number of aryl methyl sites for hydroxylation is 2. The number of nitrogens with zero attached hydrogens (tertiary/aromatic N) is 2. The molecule has 1 aliphatic rings. The van der Waals surface area contributed by atoms with Crippen LogP contribution in [-0.2, 0) is 4.74 Å². The largest absolute Gasteiger partial charge is 0.378 e. The van der Waals surface area contributed by atoms with Crippen molar-refractivity contribution in [2.45, 2.75) is 13.8 Å². The van der Waals surface area contributed by atoms with E-state index in [9.17, 15) is 4.79 Å². The lowest BCUT2D eigenvalue weighted by atomic mass is 10.1. The van der Waals surface area contributed by atoms with Crippen LogP contribution in [0.4, 0.5) is 0 Å². The SMILES string of the molecule is Cc1n[nH]c(C)c1-c1c[nH]c(C(=O)N2CCOCC2)c1. The van der Waals surface area contributed by atoms with Crippen molar-refractivity contribution in [3.05, 3.63) is 29.3 Å². The van der Waals surface area contributed by atoms with E-state index in [1.165, 1.54) is 0 Å². The number of nitrogens with one attached hydrogen (secondary N) is 2. The van der Waals surface area contributed by atoms with E-state index in [2.05, 4.69) is 15.2 Å². The quantitative estimate of drug-likeness (QED) is 0.871. The highest BCUT2D eigenvalue weighted by atomic mass is 16.5. The molecule has 0 aliphatic carbocycles. The molecule has 0 saturated carbocycles. The lowest BCUT2D eigenvalue weighted by Crippen LogP contribution is -2.40. The van der Waals surface area contributed by atoms with E-state index in [0.29, 0.717) is 32.0 Å². The van der Waals surface area contributed by atoms with Crippen molar-refractivity contribution in [1.29, 1.82) is 0 Å². The number of H-pyrrole nitrogens is 2. The van der Waals surface area contributed by atoms with E-state index in [0.717, 1.165) is 22.5 Å². The summed E-state index contributed by atoms with van der Waals surface area (Å²) in [6.45, 7) is 6.45. The lowest BCUT2D eigenvalue weighted by Gasteiger charge is -2.26. The first kappa shape index (κ1) is 12.9. The third-order valence-electron chi connectivity index (χ3n) is 3.63. The second-order valence-corrected chi connectivity index (χ2v) is 5.02. The molecule has 0 aromatic carbocycles. The molecule has 0 radical (unpaired) electrons. The van der Waals surface area contributed by atoms with Gasteiger partial charge in [0.25, 0.3) is 5.91 Å². The third kappa shape index (κ3) is 2.22. The molecule has 0 spiro atoms. The number of morpholine rings is 1. The molecule has 0 bridgehead atoms. The normalized spacial score (nSPS) is 15.6. The molecule has 106 valence electrons. The van der Waals surface area contributed by atoms with Crippen molar-refractivity contribution in [2.24, 2.45) is 0 Å². The molecule has 1 aliphatic heterocycles. The van der Waals surface area contributed by atoms with Crippen LogP contribution in [0.25, 0.3) is 11.1 Å². The number of rotatable bonds is 2. The summed E-state index contributed by atoms with van der Waals surface area (Å²) in [6.07, 6.45) is 1.86. The van der Waals surface area contributed by atoms with Gasteiger partial charge in [0.1, 0.15) is 5.69 Å². The van der Waals surface area contributed by atoms with Gasteiger partial charge < -0.3 is 14.6 Å². The fraction of sp³-hybridized carbons (Fsp3) is 0.429. The Bertz CT molecular complexity index is 603. The summed E-state index contributed by atoms with van der Waals surface area (Å²) in [5.74, 6) is 0.0263. The van der Waals surface area contributed by atoms with Crippen molar-refractivity contribution in [1.82, 2.24) is 20.1 Å². The summed E-state index contributed by atoms with van der Waals surface area (Å²) in [7, 11) is 0. The summed E-state index contributed by atoms with van der Waals surface area (Å²) in [6, 6.07) is 1.89. The highest BCUT2D eigenvalue weighted by molar-refractivity contribution is 5.94. The first-order valence-electron chi connectivity index (χ1n) is 6.74. The van der Waals surface area contributed by atoms with Crippen LogP contribution >= 0.6 is 0 Å². The summed E-state index contributed by atoms with van der Waals surface area (Å²) in [5, 5.41) is 7.15. The Morgan fingerprint density at radius 3 is 2.75 bits per heavy atom. The van der Waals surface area contributed by atoms with Crippen molar-refractivity contribution in [3.63, 3.8) is 0 Å². The number of amides is 1. The van der Waals surface area contributed by atoms with Gasteiger partial charge in [0.2, 0.25) is 0 Å². The molecule has 3 heterocycles. The van der Waals surface area contributed by atoms with Crippen LogP contribution in [0, 0.1) is 13.8 Å². The smallest absolute Gasteiger partial charge is 0.270 e. The van der Waals surface area contributed by atoms with E-state index >= 15 is 0 Å². The molecule has 0 atom stereocenters. The average molecular weight is 274 g/mol. The minimum atomic E-state index is 0.0263. The summed E-state index contributed by atoms with van der Waals surface area (Å²) >= 11 is 0. The molecule has 1 amide bonds. The zero-order valence-corrected chi connectivity index (χ0v) is 11.7. The Hall–Kier alpha value is -2.08. The molecular weight excluding hydrogens is 256 g/mol. The zero-order chi connectivity index (χ0) is 14.1. The van der Waals surface area contributed by atoms with Crippen LogP contribution in [0.2, 0.25) is 0 Å². The highest BCUT2D eigenvalue weighted by Crippen LogP contribution is 2.26. The monoisotopic (exact) mass is 274 g/mol. The Morgan fingerprint density at radius 2 is 2.10 bits per heavy atom. The second kappa shape index (κ2) is 5.13. The van der Waals surface area contributed by atoms with Crippen molar-refractivity contribution < 1.29 is 9.53 Å². The predicted molar refractivity (Wildman–Crippen MR) is 74.6 cm³/mol. The van der Waals surface area contributed by atoms with E-state index < -0.39 is 0 Å². The fourth-order valence-electron chi connectivity index (χ4n) is 2.58. The van der Waals surface area contributed by atoms with Crippen LogP contribution in [-0.4, -0.2) is 52.3 Å². The van der Waals surface area contributed by atoms with Crippen LogP contribution in [0.3, 0.4) is 0 Å². The Morgan fingerprint density at radius 1 is 1.35 bits per heavy atom. The summed E-state index contributed by atoms with van der Waals surface area (Å²) < 4.78 is 5.26. The third-order valence-corrected chi connectivity index (χ3v) is 3.63. The Labute approximate surface area is 117 Å². The fourth-order valence-corrected chi connectivity index (χ4v) is 2.58. The van der Waals surface area contributed by atoms with Gasteiger partial charge in [-0.3, -0.25) is 9.89 Å². The van der Waals surface area contributed by atoms with Crippen molar-refractivity contribution in [3.8, 4) is 11.1 Å². The van der Waals surface area contributed by atoms with Crippen LogP contribution in [0.15, 0.2) is 12.3 Å². The first-order valence-corrected chi connectivity index (χ1v) is 6.74. The maximum atomic E-state index is 12.4. The number of aromatic amines is 2. The number of aromatic nitrogens is 3. The van der Waals surface area contributed by atoms with Gasteiger partial charge in [-0.2, -0.15) is 5.10 Å². The molecule has 3 rings (SSSR count). The lowest BCUT2D eigenvalue weighted by molar-refractivity contribution is 0.0299. The molecule has 6 heteroatoms. The average Bonchev–Trinajstić information content (AvgIpc) is 3.06. The van der Waals surface area contributed by atoms with E-state index in [4.69, 9.17) is 4.74 Å². The molecule has 20 heavy (non-hydrogen) atoms. The number of carbonyl (C=O) groups is 1. The van der Waals surface area contributed by atoms with Gasteiger partial charge in [0, 0.05) is 36.1 Å². The molecule has 2 aromatic heterocycles. The number of carbonyl (C=O) groups excluding carboxylic acids is 1. The van der Waals surface area contributed by atoms with Gasteiger partial charge in [0.15, 0.2) is 0 Å². The number of hydrogen-bond acceptors (Lipinski definition) is 3. The maximum absolute atomic E-state index is 12.4. The predicted octanol–water partition coefficient (Wildman–Crippen LogP) is 1.49. The highest BCUT2D eigenvalue weighted by Gasteiger charge is 2.20. The van der Waals surface area contributed by atoms with Gasteiger partial charge in [-0.25, -0.2) is 0 Å². The Kier molecular flexibility index (Phi) is 3.31. The van der Waals surface area contributed by atoms with Gasteiger partial charge in [-0.15, -0.1) is 0 Å². The minimum absolute atomic E-state index is 0.0263. The van der Waals surface area contributed by atoms with Gasteiger partial charge in [0.05, 0.1) is 18.9 Å². The summed E-state index contributed by atoms with van der Waals surface area (Å²) in [4.78, 5) is 17.3. The van der Waals surface area contributed by atoms with Crippen molar-refractivity contribution >= 4 is 5.91 Å². The van der Waals surface area contributed by atoms with Gasteiger partial charge in [-0.1, -0.05) is 0 Å². The second-order valence-electron chi connectivity index (χ2n) is 5.02. The number of ether oxygens (including phenoxy) is 1. The van der Waals surface area contributed by atoms with Crippen LogP contribution in [0.5, 0.6) is 0 Å². The molecule has 1 fully saturated rings. The minimum Gasteiger partial charge on any atom is -0.378 e. The van der Waals surface area contributed by atoms with E-state index in [1.807, 2.05) is 31.0 Å². The number of hydrogen-bond donors (Lipinski definition) is 2. The van der Waals surface area contributed by atoms with Gasteiger partial charge in [-0.05, 0) is 19.9 Å².